The number of amides is 2. The third kappa shape index (κ3) is 14.0. The van der Waals surface area contributed by atoms with Gasteiger partial charge in [-0.3, -0.25) is 19.2 Å². The Hall–Kier alpha value is -4.65. The standard InChI is InChI=1S/C49H67N3O5Si2/c1-48(2,3)59(49(4,5)6,35-58(7,8)9)57-47(56)43(33-39-28-20-13-21-29-39)52-45(54)40(30-36-22-14-10-15-23-36)34-44(53)42(32-38-26-18-12-19-27-38)51-46(55)41(50)31-37-24-16-11-17-25-37/h10-29,40-43H,30-35,50H2,1-9H3,(H,51,55)(H,52,54)/t40-,41+,42+,43+/m1/s1. The number of carbonyl (C=O) groups is 4. The SMILES string of the molecule is CC(C)(C)[Si](C[Si](C)(C)C)(OC(=O)[C@H](Cc1ccccc1)NC(=O)[C@@H](CC(=O)[C@H](Cc1ccccc1)NC(=O)[C@@H](N)Cc1ccccc1)Cc1ccccc1)C(C)(C)C. The molecule has 0 aliphatic carbocycles. The van der Waals surface area contributed by atoms with Crippen molar-refractivity contribution in [3.05, 3.63) is 144 Å². The minimum atomic E-state index is -2.89. The smallest absolute Gasteiger partial charge is 0.315 e. The van der Waals surface area contributed by atoms with Crippen LogP contribution in [0.25, 0.3) is 0 Å². The van der Waals surface area contributed by atoms with Crippen LogP contribution in [0.2, 0.25) is 35.4 Å². The number of ketones is 1. The van der Waals surface area contributed by atoms with Gasteiger partial charge in [-0.15, -0.1) is 0 Å². The van der Waals surface area contributed by atoms with E-state index in [0.717, 1.165) is 27.9 Å². The van der Waals surface area contributed by atoms with Crippen molar-refractivity contribution >= 4 is 40.0 Å². The van der Waals surface area contributed by atoms with Gasteiger partial charge in [-0.1, -0.05) is 183 Å². The molecule has 0 aliphatic rings. The summed E-state index contributed by atoms with van der Waals surface area (Å²) in [5, 5.41) is 5.49. The predicted octanol–water partition coefficient (Wildman–Crippen LogP) is 8.80. The Labute approximate surface area is 355 Å². The van der Waals surface area contributed by atoms with Crippen molar-refractivity contribution in [1.29, 1.82) is 0 Å². The number of Topliss-reactive ketones (excluding diaryl/α,β-unsaturated/α-hetero) is 1. The number of hydrogen-bond donors (Lipinski definition) is 3. The summed E-state index contributed by atoms with van der Waals surface area (Å²) in [5.41, 5.74) is 10.8. The first-order valence-electron chi connectivity index (χ1n) is 20.9. The van der Waals surface area contributed by atoms with E-state index in [1.807, 2.05) is 121 Å². The van der Waals surface area contributed by atoms with Crippen LogP contribution in [0.1, 0.15) is 70.2 Å². The molecule has 0 saturated carbocycles. The van der Waals surface area contributed by atoms with Crippen LogP contribution in [0.3, 0.4) is 0 Å². The normalized spacial score (nSPS) is 14.3. The molecule has 0 bridgehead atoms. The Morgan fingerprint density at radius 3 is 1.34 bits per heavy atom. The molecule has 2 amide bonds. The van der Waals surface area contributed by atoms with E-state index < -0.39 is 58.2 Å². The maximum atomic E-state index is 14.8. The largest absolute Gasteiger partial charge is 0.517 e. The second-order valence-electron chi connectivity index (χ2n) is 19.3. The van der Waals surface area contributed by atoms with E-state index in [0.29, 0.717) is 6.42 Å². The maximum Gasteiger partial charge on any atom is 0.315 e. The fourth-order valence-electron chi connectivity index (χ4n) is 8.20. The summed E-state index contributed by atoms with van der Waals surface area (Å²) >= 11 is 0. The maximum absolute atomic E-state index is 14.8. The molecule has 59 heavy (non-hydrogen) atoms. The lowest BCUT2D eigenvalue weighted by Gasteiger charge is -2.52. The summed E-state index contributed by atoms with van der Waals surface area (Å²) in [5.74, 6) is -2.45. The third-order valence-corrected chi connectivity index (χ3v) is 22.8. The molecule has 0 heterocycles. The summed E-state index contributed by atoms with van der Waals surface area (Å²) in [7, 11) is -4.64. The van der Waals surface area contributed by atoms with Crippen molar-refractivity contribution in [2.24, 2.45) is 11.7 Å². The summed E-state index contributed by atoms with van der Waals surface area (Å²) in [6, 6.07) is 35.4. The van der Waals surface area contributed by atoms with Gasteiger partial charge < -0.3 is 20.8 Å². The predicted molar refractivity (Wildman–Crippen MR) is 245 cm³/mol. The number of nitrogens with one attached hydrogen (secondary N) is 2. The first-order chi connectivity index (χ1) is 27.7. The number of rotatable bonds is 19. The molecule has 4 aromatic rings. The number of benzene rings is 4. The van der Waals surface area contributed by atoms with E-state index >= 15 is 0 Å². The lowest BCUT2D eigenvalue weighted by Crippen LogP contribution is -2.61. The van der Waals surface area contributed by atoms with Gasteiger partial charge in [0, 0.05) is 26.8 Å². The molecule has 0 unspecified atom stereocenters. The zero-order chi connectivity index (χ0) is 43.4. The molecular weight excluding hydrogens is 767 g/mol. The van der Waals surface area contributed by atoms with Crippen LogP contribution in [0, 0.1) is 5.92 Å². The minimum Gasteiger partial charge on any atom is -0.517 e. The van der Waals surface area contributed by atoms with Gasteiger partial charge in [0.05, 0.1) is 12.1 Å². The van der Waals surface area contributed by atoms with Gasteiger partial charge in [-0.05, 0) is 57.3 Å². The molecule has 4 N–H and O–H groups in total. The molecule has 4 aromatic carbocycles. The molecule has 0 radical (unpaired) electrons. The zero-order valence-corrected chi connectivity index (χ0v) is 38.7. The first-order valence-corrected chi connectivity index (χ1v) is 26.8. The molecule has 10 heteroatoms. The molecule has 316 valence electrons. The fourth-order valence-corrected chi connectivity index (χ4v) is 22.0. The van der Waals surface area contributed by atoms with Crippen LogP contribution in [-0.4, -0.2) is 58.1 Å². The van der Waals surface area contributed by atoms with Gasteiger partial charge in [0.25, 0.3) is 8.32 Å². The van der Waals surface area contributed by atoms with E-state index in [4.69, 9.17) is 10.2 Å². The van der Waals surface area contributed by atoms with E-state index in [1.165, 1.54) is 0 Å². The van der Waals surface area contributed by atoms with Crippen molar-refractivity contribution in [3.8, 4) is 0 Å². The van der Waals surface area contributed by atoms with Crippen LogP contribution in [0.4, 0.5) is 0 Å². The number of nitrogens with two attached hydrogens (primary N) is 1. The highest BCUT2D eigenvalue weighted by Gasteiger charge is 2.59. The molecule has 8 nitrogen and oxygen atoms in total. The van der Waals surface area contributed by atoms with Crippen LogP contribution in [-0.2, 0) is 49.3 Å². The van der Waals surface area contributed by atoms with Crippen molar-refractivity contribution < 1.29 is 23.6 Å². The highest BCUT2D eigenvalue weighted by atomic mass is 28.4. The van der Waals surface area contributed by atoms with Crippen molar-refractivity contribution in [2.45, 2.75) is 127 Å². The lowest BCUT2D eigenvalue weighted by molar-refractivity contribution is -0.141. The van der Waals surface area contributed by atoms with Gasteiger partial charge in [-0.25, -0.2) is 0 Å². The average molecular weight is 834 g/mol. The summed E-state index contributed by atoms with van der Waals surface area (Å²) in [4.78, 5) is 57.6. The number of hydrogen-bond acceptors (Lipinski definition) is 6. The summed E-state index contributed by atoms with van der Waals surface area (Å²) in [6.45, 7) is 20.1. The Kier molecular flexibility index (Phi) is 16.4. The second-order valence-corrected chi connectivity index (χ2v) is 30.7. The average Bonchev–Trinajstić information content (AvgIpc) is 3.17. The molecule has 0 saturated heterocycles. The highest BCUT2D eigenvalue weighted by Crippen LogP contribution is 2.55. The minimum absolute atomic E-state index is 0.169. The monoisotopic (exact) mass is 833 g/mol. The van der Waals surface area contributed by atoms with E-state index in [-0.39, 0.29) is 41.5 Å². The first kappa shape index (κ1) is 47.0. The van der Waals surface area contributed by atoms with Crippen molar-refractivity contribution in [3.63, 3.8) is 0 Å². The topological polar surface area (TPSA) is 128 Å². The number of carbonyl (C=O) groups excluding carboxylic acids is 4. The van der Waals surface area contributed by atoms with Gasteiger partial charge >= 0.3 is 5.97 Å². The summed E-state index contributed by atoms with van der Waals surface area (Å²) < 4.78 is 6.96. The fraction of sp³-hybridized carbons (Fsp3) is 0.429. The Morgan fingerprint density at radius 1 is 0.559 bits per heavy atom. The van der Waals surface area contributed by atoms with Crippen molar-refractivity contribution in [1.82, 2.24) is 10.6 Å². The van der Waals surface area contributed by atoms with Gasteiger partial charge in [0.1, 0.15) is 6.04 Å². The Balaban J connectivity index is 1.68. The molecule has 0 fully saturated rings. The van der Waals surface area contributed by atoms with E-state index in [2.05, 4.69) is 71.8 Å². The van der Waals surface area contributed by atoms with Crippen molar-refractivity contribution in [2.75, 3.05) is 0 Å². The van der Waals surface area contributed by atoms with Gasteiger partial charge in [-0.2, -0.15) is 0 Å². The molecule has 4 atom stereocenters. The molecule has 4 rings (SSSR count). The van der Waals surface area contributed by atoms with Crippen LogP contribution < -0.4 is 16.4 Å². The van der Waals surface area contributed by atoms with Gasteiger partial charge in [0.15, 0.2) is 5.78 Å². The van der Waals surface area contributed by atoms with Crippen LogP contribution >= 0.6 is 0 Å². The second kappa shape index (κ2) is 20.6. The Morgan fingerprint density at radius 2 is 0.932 bits per heavy atom. The third-order valence-electron chi connectivity index (χ3n) is 11.1. The van der Waals surface area contributed by atoms with Crippen LogP contribution in [0.15, 0.2) is 121 Å². The summed E-state index contributed by atoms with van der Waals surface area (Å²) in [6.07, 6.45) is 0.856. The van der Waals surface area contributed by atoms with E-state index in [9.17, 15) is 19.2 Å². The van der Waals surface area contributed by atoms with Crippen LogP contribution in [0.5, 0.6) is 0 Å². The molecule has 0 spiro atoms. The quantitative estimate of drug-likeness (QED) is 0.0811. The molecule has 0 aliphatic heterocycles. The highest BCUT2D eigenvalue weighted by molar-refractivity contribution is 6.96. The van der Waals surface area contributed by atoms with Gasteiger partial charge in [0.2, 0.25) is 11.8 Å². The molecule has 0 aromatic heterocycles. The van der Waals surface area contributed by atoms with E-state index in [1.54, 1.807) is 0 Å². The Bertz CT molecular complexity index is 1940. The molecular formula is C49H67N3O5Si2. The lowest BCUT2D eigenvalue weighted by atomic mass is 9.89. The zero-order valence-electron chi connectivity index (χ0n) is 36.7.